The third-order valence-corrected chi connectivity index (χ3v) is 6.23. The molecule has 0 saturated heterocycles. The summed E-state index contributed by atoms with van der Waals surface area (Å²) in [6.07, 6.45) is 6.54. The summed E-state index contributed by atoms with van der Waals surface area (Å²) < 4.78 is 0.890. The topological polar surface area (TPSA) is 32.3 Å². The van der Waals surface area contributed by atoms with Gasteiger partial charge in [-0.1, -0.05) is 49.1 Å². The summed E-state index contributed by atoms with van der Waals surface area (Å²) in [6.45, 7) is 0.841. The van der Waals surface area contributed by atoms with Gasteiger partial charge in [-0.05, 0) is 72.3 Å². The number of anilines is 1. The van der Waals surface area contributed by atoms with Crippen LogP contribution in [0.2, 0.25) is 5.02 Å². The lowest BCUT2D eigenvalue weighted by atomic mass is 9.94. The molecule has 0 heterocycles. The first-order valence-corrected chi connectivity index (χ1v) is 10.5. The first-order valence-electron chi connectivity index (χ1n) is 9.09. The number of rotatable bonds is 5. The van der Waals surface area contributed by atoms with Gasteiger partial charge in [0, 0.05) is 26.9 Å². The number of amides is 1. The van der Waals surface area contributed by atoms with Crippen LogP contribution in [-0.2, 0) is 6.54 Å². The lowest BCUT2D eigenvalue weighted by molar-refractivity contribution is 0.102. The molecular weight excluding hydrogens is 459 g/mol. The molecule has 1 saturated carbocycles. The smallest absolute Gasteiger partial charge is 0.256 e. The molecule has 1 amide bonds. The van der Waals surface area contributed by atoms with Gasteiger partial charge in [0.2, 0.25) is 0 Å². The van der Waals surface area contributed by atoms with Crippen molar-refractivity contribution < 1.29 is 4.79 Å². The average molecular weight is 483 g/mol. The van der Waals surface area contributed by atoms with E-state index < -0.39 is 0 Å². The number of benzene rings is 2. The van der Waals surface area contributed by atoms with E-state index in [0.29, 0.717) is 16.6 Å². The van der Waals surface area contributed by atoms with Crippen LogP contribution in [0, 0.1) is 3.57 Å². The second-order valence-corrected chi connectivity index (χ2v) is 8.54. The fourth-order valence-corrected chi connectivity index (χ4v) is 4.31. The van der Waals surface area contributed by atoms with Gasteiger partial charge >= 0.3 is 0 Å². The lowest BCUT2D eigenvalue weighted by Crippen LogP contribution is -2.33. The zero-order valence-electron chi connectivity index (χ0n) is 15.0. The van der Waals surface area contributed by atoms with E-state index >= 15 is 0 Å². The zero-order chi connectivity index (χ0) is 18.5. The molecule has 26 heavy (non-hydrogen) atoms. The quantitative estimate of drug-likeness (QED) is 0.533. The van der Waals surface area contributed by atoms with E-state index in [9.17, 15) is 4.79 Å². The molecule has 2 aromatic carbocycles. The highest BCUT2D eigenvalue weighted by atomic mass is 127. The summed E-state index contributed by atoms with van der Waals surface area (Å²) in [5.74, 6) is -0.121. The molecule has 1 aliphatic rings. The predicted octanol–water partition coefficient (Wildman–Crippen LogP) is 5.96. The minimum Gasteiger partial charge on any atom is -0.322 e. The Labute approximate surface area is 174 Å². The van der Waals surface area contributed by atoms with E-state index in [4.69, 9.17) is 11.6 Å². The molecule has 0 spiro atoms. The van der Waals surface area contributed by atoms with Crippen LogP contribution in [0.5, 0.6) is 0 Å². The molecule has 0 bridgehead atoms. The second kappa shape index (κ2) is 9.20. The van der Waals surface area contributed by atoms with Crippen LogP contribution in [0.15, 0.2) is 42.5 Å². The number of hydrogen-bond acceptors (Lipinski definition) is 2. The van der Waals surface area contributed by atoms with Crippen LogP contribution in [-0.4, -0.2) is 23.9 Å². The fraction of sp³-hybridized carbons (Fsp3) is 0.381. The monoisotopic (exact) mass is 482 g/mol. The van der Waals surface area contributed by atoms with E-state index in [1.165, 1.54) is 32.1 Å². The Morgan fingerprint density at radius 3 is 2.69 bits per heavy atom. The zero-order valence-corrected chi connectivity index (χ0v) is 17.9. The number of nitrogens with zero attached hydrogens (tertiary/aromatic N) is 1. The van der Waals surface area contributed by atoms with Crippen LogP contribution >= 0.6 is 34.2 Å². The van der Waals surface area contributed by atoms with E-state index in [-0.39, 0.29) is 5.91 Å². The van der Waals surface area contributed by atoms with E-state index in [1.807, 2.05) is 24.3 Å². The van der Waals surface area contributed by atoms with Gasteiger partial charge in [-0.2, -0.15) is 0 Å². The molecule has 5 heteroatoms. The van der Waals surface area contributed by atoms with Crippen molar-refractivity contribution in [2.24, 2.45) is 0 Å². The molecule has 0 radical (unpaired) electrons. The summed E-state index contributed by atoms with van der Waals surface area (Å²) >= 11 is 8.23. The van der Waals surface area contributed by atoms with Gasteiger partial charge in [0.05, 0.1) is 5.56 Å². The van der Waals surface area contributed by atoms with E-state index in [0.717, 1.165) is 21.4 Å². The first kappa shape index (κ1) is 19.6. The molecule has 0 aromatic heterocycles. The van der Waals surface area contributed by atoms with Crippen LogP contribution in [0.25, 0.3) is 0 Å². The summed E-state index contributed by atoms with van der Waals surface area (Å²) in [4.78, 5) is 15.2. The first-order chi connectivity index (χ1) is 12.5. The predicted molar refractivity (Wildman–Crippen MR) is 117 cm³/mol. The number of carbonyl (C=O) groups is 1. The largest absolute Gasteiger partial charge is 0.322 e. The van der Waals surface area contributed by atoms with E-state index in [2.05, 4.69) is 45.9 Å². The maximum atomic E-state index is 12.7. The minimum atomic E-state index is -0.121. The fourth-order valence-electron chi connectivity index (χ4n) is 3.56. The number of nitrogens with one attached hydrogen (secondary N) is 1. The second-order valence-electron chi connectivity index (χ2n) is 6.94. The standard InChI is InChI=1S/C21H24ClIN2O/c1-25(17-8-3-2-4-9-17)14-15-7-5-6-10-20(15)24-21(26)18-13-16(22)11-12-19(18)23/h5-7,10-13,17H,2-4,8-9,14H2,1H3,(H,24,26). The highest BCUT2D eigenvalue weighted by Crippen LogP contribution is 2.26. The Hall–Kier alpha value is -1.11. The maximum Gasteiger partial charge on any atom is 0.256 e. The van der Waals surface area contributed by atoms with Gasteiger partial charge < -0.3 is 5.32 Å². The molecule has 138 valence electrons. The molecule has 1 aliphatic carbocycles. The Morgan fingerprint density at radius 2 is 1.92 bits per heavy atom. The molecule has 0 unspecified atom stereocenters. The Bertz CT molecular complexity index is 774. The molecule has 2 aromatic rings. The molecule has 0 aliphatic heterocycles. The minimum absolute atomic E-state index is 0.121. The van der Waals surface area contributed by atoms with Gasteiger partial charge in [-0.25, -0.2) is 0 Å². The summed E-state index contributed by atoms with van der Waals surface area (Å²) in [5.41, 5.74) is 2.62. The SMILES string of the molecule is CN(Cc1ccccc1NC(=O)c1cc(Cl)ccc1I)C1CCCCC1. The third-order valence-electron chi connectivity index (χ3n) is 5.06. The van der Waals surface area contributed by atoms with Crippen molar-refractivity contribution in [3.63, 3.8) is 0 Å². The number of halogens is 2. The number of carbonyl (C=O) groups excluding carboxylic acids is 1. The van der Waals surface area contributed by atoms with Crippen LogP contribution in [0.4, 0.5) is 5.69 Å². The van der Waals surface area contributed by atoms with Crippen LogP contribution in [0.3, 0.4) is 0 Å². The number of hydrogen-bond donors (Lipinski definition) is 1. The van der Waals surface area contributed by atoms with Gasteiger partial charge in [-0.15, -0.1) is 0 Å². The summed E-state index contributed by atoms with van der Waals surface area (Å²) in [7, 11) is 2.19. The maximum absolute atomic E-state index is 12.7. The van der Waals surface area contributed by atoms with E-state index in [1.54, 1.807) is 12.1 Å². The molecule has 0 atom stereocenters. The lowest BCUT2D eigenvalue weighted by Gasteiger charge is -2.31. The highest BCUT2D eigenvalue weighted by molar-refractivity contribution is 14.1. The van der Waals surface area contributed by atoms with Gasteiger partial charge in [-0.3, -0.25) is 9.69 Å². The van der Waals surface area contributed by atoms with Gasteiger partial charge in [0.15, 0.2) is 0 Å². The molecule has 1 N–H and O–H groups in total. The number of para-hydroxylation sites is 1. The summed E-state index contributed by atoms with van der Waals surface area (Å²) in [5, 5.41) is 3.64. The molecule has 3 rings (SSSR count). The molecule has 1 fully saturated rings. The van der Waals surface area contributed by atoms with Gasteiger partial charge in [0.25, 0.3) is 5.91 Å². The Balaban J connectivity index is 1.74. The van der Waals surface area contributed by atoms with Crippen molar-refractivity contribution in [2.75, 3.05) is 12.4 Å². The van der Waals surface area contributed by atoms with Crippen molar-refractivity contribution in [2.45, 2.75) is 44.7 Å². The molecule has 3 nitrogen and oxygen atoms in total. The van der Waals surface area contributed by atoms with Crippen molar-refractivity contribution in [1.82, 2.24) is 4.90 Å². The van der Waals surface area contributed by atoms with Crippen molar-refractivity contribution >= 4 is 45.8 Å². The summed E-state index contributed by atoms with van der Waals surface area (Å²) in [6, 6.07) is 14.1. The third kappa shape index (κ3) is 4.99. The normalized spacial score (nSPS) is 15.2. The average Bonchev–Trinajstić information content (AvgIpc) is 2.66. The van der Waals surface area contributed by atoms with Crippen LogP contribution in [0.1, 0.15) is 48.0 Å². The highest BCUT2D eigenvalue weighted by Gasteiger charge is 2.19. The van der Waals surface area contributed by atoms with Gasteiger partial charge in [0.1, 0.15) is 0 Å². The van der Waals surface area contributed by atoms with Crippen LogP contribution < -0.4 is 5.32 Å². The Kier molecular flexibility index (Phi) is 6.95. The molecular formula is C21H24ClIN2O. The van der Waals surface area contributed by atoms with Crippen molar-refractivity contribution in [3.05, 3.63) is 62.2 Å². The Morgan fingerprint density at radius 1 is 1.19 bits per heavy atom. The van der Waals surface area contributed by atoms with Crippen molar-refractivity contribution in [1.29, 1.82) is 0 Å². The van der Waals surface area contributed by atoms with Crippen molar-refractivity contribution in [3.8, 4) is 0 Å².